The molecule has 2 aromatic carbocycles. The molecule has 200 valence electrons. The smallest absolute Gasteiger partial charge is 0.323 e. The first-order valence-electron chi connectivity index (χ1n) is 11.9. The lowest BCUT2D eigenvalue weighted by atomic mass is 10.1. The first-order chi connectivity index (χ1) is 18.2. The van der Waals surface area contributed by atoms with E-state index in [9.17, 15) is 23.1 Å². The van der Waals surface area contributed by atoms with Crippen LogP contribution in [0.3, 0.4) is 0 Å². The second-order valence-corrected chi connectivity index (χ2v) is 10.4. The Balaban J connectivity index is 1.42. The Morgan fingerprint density at radius 1 is 1.13 bits per heavy atom. The van der Waals surface area contributed by atoms with Gasteiger partial charge in [0, 0.05) is 37.4 Å². The molecule has 0 aliphatic heterocycles. The van der Waals surface area contributed by atoms with Crippen molar-refractivity contribution in [3.8, 4) is 0 Å². The zero-order valence-corrected chi connectivity index (χ0v) is 21.7. The fourth-order valence-corrected chi connectivity index (χ4v) is 5.88. The molecule has 2 aromatic heterocycles. The first kappa shape index (κ1) is 26.8. The summed E-state index contributed by atoms with van der Waals surface area (Å²) >= 11 is 0. The minimum Gasteiger partial charge on any atom is -0.480 e. The number of fused-ring (bicyclic) bond motifs is 1. The van der Waals surface area contributed by atoms with Gasteiger partial charge in [0.25, 0.3) is 5.91 Å². The van der Waals surface area contributed by atoms with Crippen LogP contribution in [0.1, 0.15) is 27.9 Å². The van der Waals surface area contributed by atoms with Crippen molar-refractivity contribution < 1.29 is 23.1 Å². The summed E-state index contributed by atoms with van der Waals surface area (Å²) in [5, 5.41) is 20.4. The molecule has 0 spiro atoms. The number of sulfonamides is 1. The summed E-state index contributed by atoms with van der Waals surface area (Å²) < 4.78 is 29.9. The SMILES string of the molecule is Cc1cccc(C)c1S(=O)(=O)NC(CNC(=O)c1cccc2c1cnn2CCCNc1ncc[nH]1)C(=O)O. The number of amides is 1. The van der Waals surface area contributed by atoms with Gasteiger partial charge in [-0.2, -0.15) is 9.82 Å². The van der Waals surface area contributed by atoms with Crippen LogP contribution in [0, 0.1) is 13.8 Å². The number of H-pyrrole nitrogens is 1. The zero-order chi connectivity index (χ0) is 27.3. The number of carbonyl (C=O) groups excluding carboxylic acids is 1. The molecule has 2 heterocycles. The third kappa shape index (κ3) is 6.01. The van der Waals surface area contributed by atoms with E-state index in [1.54, 1.807) is 67.5 Å². The van der Waals surface area contributed by atoms with Crippen LogP contribution in [0.2, 0.25) is 0 Å². The number of benzene rings is 2. The number of carbonyl (C=O) groups is 2. The Hall–Kier alpha value is -4.23. The third-order valence-corrected chi connectivity index (χ3v) is 7.79. The van der Waals surface area contributed by atoms with Gasteiger partial charge >= 0.3 is 5.97 Å². The van der Waals surface area contributed by atoms with Crippen molar-refractivity contribution in [3.63, 3.8) is 0 Å². The fraction of sp³-hybridized carbons (Fsp3) is 0.280. The number of aliphatic carboxylic acids is 1. The van der Waals surface area contributed by atoms with Crippen LogP contribution < -0.4 is 15.4 Å². The fourth-order valence-electron chi connectivity index (χ4n) is 4.22. The van der Waals surface area contributed by atoms with Crippen molar-refractivity contribution in [2.45, 2.75) is 37.8 Å². The molecule has 38 heavy (non-hydrogen) atoms. The number of hydrogen-bond donors (Lipinski definition) is 5. The van der Waals surface area contributed by atoms with Gasteiger partial charge in [0.05, 0.1) is 22.2 Å². The Bertz CT molecular complexity index is 1530. The lowest BCUT2D eigenvalue weighted by molar-refractivity contribution is -0.138. The minimum absolute atomic E-state index is 0.0223. The van der Waals surface area contributed by atoms with Crippen molar-refractivity contribution in [2.24, 2.45) is 0 Å². The number of rotatable bonds is 12. The second kappa shape index (κ2) is 11.4. The van der Waals surface area contributed by atoms with Crippen molar-refractivity contribution in [1.29, 1.82) is 0 Å². The van der Waals surface area contributed by atoms with Gasteiger partial charge < -0.3 is 20.7 Å². The molecule has 0 aliphatic rings. The second-order valence-electron chi connectivity index (χ2n) is 8.77. The van der Waals surface area contributed by atoms with Crippen LogP contribution in [0.25, 0.3) is 10.9 Å². The van der Waals surface area contributed by atoms with Crippen LogP contribution in [-0.2, 0) is 21.4 Å². The highest BCUT2D eigenvalue weighted by molar-refractivity contribution is 7.89. The molecule has 12 nitrogen and oxygen atoms in total. The van der Waals surface area contributed by atoms with Gasteiger partial charge in [-0.15, -0.1) is 0 Å². The monoisotopic (exact) mass is 539 g/mol. The molecule has 0 saturated carbocycles. The van der Waals surface area contributed by atoms with E-state index in [0.29, 0.717) is 41.1 Å². The summed E-state index contributed by atoms with van der Waals surface area (Å²) in [5.74, 6) is -1.26. The van der Waals surface area contributed by atoms with Gasteiger partial charge in [0.2, 0.25) is 10.0 Å². The molecule has 1 unspecified atom stereocenters. The molecule has 0 fully saturated rings. The van der Waals surface area contributed by atoms with Gasteiger partial charge in [-0.1, -0.05) is 24.3 Å². The number of nitrogens with zero attached hydrogens (tertiary/aromatic N) is 3. The molecule has 5 N–H and O–H groups in total. The molecule has 1 atom stereocenters. The number of anilines is 1. The maximum atomic E-state index is 13.0. The quantitative estimate of drug-likeness (QED) is 0.170. The van der Waals surface area contributed by atoms with Gasteiger partial charge in [0.15, 0.2) is 5.95 Å². The Kier molecular flexibility index (Phi) is 8.08. The van der Waals surface area contributed by atoms with Crippen LogP contribution in [0.15, 0.2) is 59.9 Å². The largest absolute Gasteiger partial charge is 0.480 e. The molecule has 0 saturated heterocycles. The van der Waals surface area contributed by atoms with Crippen LogP contribution in [0.4, 0.5) is 5.95 Å². The van der Waals surface area contributed by atoms with Crippen molar-refractivity contribution in [2.75, 3.05) is 18.4 Å². The number of aromatic amines is 1. The molecule has 1 amide bonds. The first-order valence-corrected chi connectivity index (χ1v) is 13.4. The van der Waals surface area contributed by atoms with Crippen molar-refractivity contribution in [1.82, 2.24) is 29.8 Å². The lowest BCUT2D eigenvalue weighted by Gasteiger charge is -2.18. The maximum absolute atomic E-state index is 13.0. The highest BCUT2D eigenvalue weighted by Crippen LogP contribution is 2.21. The average Bonchev–Trinajstić information content (AvgIpc) is 3.53. The normalized spacial score (nSPS) is 12.4. The van der Waals surface area contributed by atoms with Crippen LogP contribution >= 0.6 is 0 Å². The van der Waals surface area contributed by atoms with E-state index in [1.807, 2.05) is 6.07 Å². The number of nitrogens with one attached hydrogen (secondary N) is 4. The summed E-state index contributed by atoms with van der Waals surface area (Å²) in [6, 6.07) is 8.60. The maximum Gasteiger partial charge on any atom is 0.323 e. The van der Waals surface area contributed by atoms with E-state index in [2.05, 4.69) is 30.4 Å². The van der Waals surface area contributed by atoms with Gasteiger partial charge in [-0.05, 0) is 43.5 Å². The Labute approximate surface area is 219 Å². The predicted molar refractivity (Wildman–Crippen MR) is 141 cm³/mol. The minimum atomic E-state index is -4.14. The van der Waals surface area contributed by atoms with Gasteiger partial charge in [0.1, 0.15) is 6.04 Å². The predicted octanol–water partition coefficient (Wildman–Crippen LogP) is 2.04. The number of carboxylic acids is 1. The van der Waals surface area contributed by atoms with Crippen LogP contribution in [0.5, 0.6) is 0 Å². The molecule has 4 rings (SSSR count). The van der Waals surface area contributed by atoms with Crippen molar-refractivity contribution in [3.05, 3.63) is 71.7 Å². The average molecular weight is 540 g/mol. The summed E-state index contributed by atoms with van der Waals surface area (Å²) in [4.78, 5) is 31.9. The lowest BCUT2D eigenvalue weighted by Crippen LogP contribution is -2.48. The topological polar surface area (TPSA) is 171 Å². The number of imidazole rings is 1. The molecule has 0 bridgehead atoms. The number of carboxylic acid groups (broad SMARTS) is 1. The van der Waals surface area contributed by atoms with Crippen molar-refractivity contribution >= 4 is 38.8 Å². The summed E-state index contributed by atoms with van der Waals surface area (Å²) in [7, 11) is -4.14. The van der Waals surface area contributed by atoms with E-state index < -0.39 is 34.5 Å². The molecule has 0 radical (unpaired) electrons. The van der Waals surface area contributed by atoms with E-state index in [0.717, 1.165) is 11.9 Å². The summed E-state index contributed by atoms with van der Waals surface area (Å²) in [6.45, 7) is 4.10. The Morgan fingerprint density at radius 3 is 2.55 bits per heavy atom. The number of aryl methyl sites for hydroxylation is 3. The molecule has 4 aromatic rings. The highest BCUT2D eigenvalue weighted by atomic mass is 32.2. The third-order valence-electron chi connectivity index (χ3n) is 6.01. The van der Waals surface area contributed by atoms with E-state index >= 15 is 0 Å². The molecular weight excluding hydrogens is 510 g/mol. The summed E-state index contributed by atoms with van der Waals surface area (Å²) in [6.07, 6.45) is 5.74. The summed E-state index contributed by atoms with van der Waals surface area (Å²) in [5.41, 5.74) is 2.04. The van der Waals surface area contributed by atoms with E-state index in [4.69, 9.17) is 0 Å². The number of aromatic nitrogens is 4. The zero-order valence-electron chi connectivity index (χ0n) is 20.9. The highest BCUT2D eigenvalue weighted by Gasteiger charge is 2.28. The number of hydrogen-bond acceptors (Lipinski definition) is 7. The standard InChI is InChI=1S/C25H29N7O5S/c1-16-6-3-7-17(2)22(16)38(36,37)31-20(24(34)35)15-29-23(33)18-8-4-9-21-19(18)14-30-32(21)13-5-10-26-25-27-11-12-28-25/h3-4,6-9,11-12,14,20,31H,5,10,13,15H2,1-2H3,(H,29,33)(H,34,35)(H2,26,27,28). The van der Waals surface area contributed by atoms with Gasteiger partial charge in [-0.3, -0.25) is 14.3 Å². The van der Waals surface area contributed by atoms with Gasteiger partial charge in [-0.25, -0.2) is 13.4 Å². The Morgan fingerprint density at radius 2 is 1.87 bits per heavy atom. The van der Waals surface area contributed by atoms with E-state index in [1.165, 1.54) is 0 Å². The molecular formula is C25H29N7O5S. The molecule has 13 heteroatoms. The van der Waals surface area contributed by atoms with E-state index in [-0.39, 0.29) is 4.90 Å². The molecule has 0 aliphatic carbocycles. The van der Waals surface area contributed by atoms with Crippen LogP contribution in [-0.4, -0.2) is 64.3 Å².